The molecule has 2 heterocycles. The van der Waals surface area contributed by atoms with Gasteiger partial charge in [-0.2, -0.15) is 5.10 Å². The molecule has 6 nitrogen and oxygen atoms in total. The van der Waals surface area contributed by atoms with E-state index in [9.17, 15) is 14.0 Å². The van der Waals surface area contributed by atoms with E-state index in [1.807, 2.05) is 19.9 Å². The van der Waals surface area contributed by atoms with Crippen LogP contribution < -0.4 is 10.2 Å². The number of rotatable bonds is 2. The predicted molar refractivity (Wildman–Crippen MR) is 83.1 cm³/mol. The topological polar surface area (TPSA) is 67.2 Å². The molecule has 0 bridgehead atoms. The van der Waals surface area contributed by atoms with Crippen LogP contribution in [0.5, 0.6) is 0 Å². The van der Waals surface area contributed by atoms with Crippen LogP contribution in [0.25, 0.3) is 5.69 Å². The number of anilines is 1. The fourth-order valence-corrected chi connectivity index (χ4v) is 2.66. The molecular weight excluding hydrogens is 299 g/mol. The Kier molecular flexibility index (Phi) is 3.24. The van der Waals surface area contributed by atoms with Crippen molar-refractivity contribution in [2.24, 2.45) is 0 Å². The maximum atomic E-state index is 14.5. The second kappa shape index (κ2) is 4.91. The fourth-order valence-electron chi connectivity index (χ4n) is 2.66. The molecule has 1 aliphatic rings. The Morgan fingerprint density at radius 1 is 1.17 bits per heavy atom. The minimum Gasteiger partial charge on any atom is -0.323 e. The van der Waals surface area contributed by atoms with Crippen LogP contribution in [-0.4, -0.2) is 27.3 Å². The number of carbonyl (C=O) groups is 2. The summed E-state index contributed by atoms with van der Waals surface area (Å²) in [6.45, 7) is 6.86. The lowest BCUT2D eigenvalue weighted by atomic mass is 10.1. The van der Waals surface area contributed by atoms with Crippen LogP contribution in [0.1, 0.15) is 25.2 Å². The van der Waals surface area contributed by atoms with Crippen molar-refractivity contribution in [1.82, 2.24) is 15.1 Å². The van der Waals surface area contributed by atoms with E-state index in [1.54, 1.807) is 13.8 Å². The van der Waals surface area contributed by atoms with E-state index in [4.69, 9.17) is 0 Å². The molecule has 0 unspecified atom stereocenters. The number of aryl methyl sites for hydroxylation is 2. The molecule has 1 fully saturated rings. The van der Waals surface area contributed by atoms with Gasteiger partial charge in [-0.25, -0.2) is 18.8 Å². The molecule has 7 heteroatoms. The summed E-state index contributed by atoms with van der Waals surface area (Å²) in [6, 6.07) is 5.50. The first-order valence-corrected chi connectivity index (χ1v) is 7.20. The quantitative estimate of drug-likeness (QED) is 0.866. The summed E-state index contributed by atoms with van der Waals surface area (Å²) < 4.78 is 16.0. The van der Waals surface area contributed by atoms with Gasteiger partial charge in [0, 0.05) is 11.8 Å². The van der Waals surface area contributed by atoms with Crippen LogP contribution in [0.2, 0.25) is 0 Å². The van der Waals surface area contributed by atoms with Crippen molar-refractivity contribution >= 4 is 17.6 Å². The second-order valence-corrected chi connectivity index (χ2v) is 6.17. The van der Waals surface area contributed by atoms with Crippen molar-refractivity contribution < 1.29 is 14.0 Å². The van der Waals surface area contributed by atoms with Crippen molar-refractivity contribution in [3.05, 3.63) is 41.5 Å². The van der Waals surface area contributed by atoms with E-state index in [1.165, 1.54) is 22.9 Å². The van der Waals surface area contributed by atoms with Gasteiger partial charge in [-0.15, -0.1) is 0 Å². The number of nitrogens with zero attached hydrogens (tertiary/aromatic N) is 3. The molecular formula is C16H17FN4O2. The van der Waals surface area contributed by atoms with Gasteiger partial charge in [-0.1, -0.05) is 0 Å². The molecule has 0 saturated carbocycles. The Bertz CT molecular complexity index is 825. The summed E-state index contributed by atoms with van der Waals surface area (Å²) >= 11 is 0. The first-order chi connectivity index (χ1) is 10.7. The summed E-state index contributed by atoms with van der Waals surface area (Å²) in [7, 11) is 0. The van der Waals surface area contributed by atoms with E-state index in [-0.39, 0.29) is 11.4 Å². The highest BCUT2D eigenvalue weighted by Gasteiger charge is 2.45. The Morgan fingerprint density at radius 2 is 1.87 bits per heavy atom. The molecule has 3 rings (SSSR count). The third-order valence-corrected chi connectivity index (χ3v) is 3.79. The number of amides is 3. The van der Waals surface area contributed by atoms with E-state index < -0.39 is 23.3 Å². The van der Waals surface area contributed by atoms with Gasteiger partial charge in [0.25, 0.3) is 5.91 Å². The maximum absolute atomic E-state index is 14.5. The molecule has 0 atom stereocenters. The Morgan fingerprint density at radius 3 is 2.35 bits per heavy atom. The Hall–Kier alpha value is -2.70. The van der Waals surface area contributed by atoms with Gasteiger partial charge in [0.15, 0.2) is 5.82 Å². The zero-order valence-electron chi connectivity index (χ0n) is 13.3. The lowest BCUT2D eigenvalue weighted by Crippen LogP contribution is -2.40. The molecule has 1 aliphatic heterocycles. The van der Waals surface area contributed by atoms with Gasteiger partial charge in [0.05, 0.1) is 11.4 Å². The molecule has 1 aromatic heterocycles. The first kappa shape index (κ1) is 15.2. The van der Waals surface area contributed by atoms with Crippen LogP contribution in [0.3, 0.4) is 0 Å². The lowest BCUT2D eigenvalue weighted by Gasteiger charge is -2.16. The van der Waals surface area contributed by atoms with E-state index >= 15 is 0 Å². The van der Waals surface area contributed by atoms with Gasteiger partial charge < -0.3 is 5.32 Å². The van der Waals surface area contributed by atoms with Crippen LogP contribution in [-0.2, 0) is 4.79 Å². The molecule has 3 amide bonds. The normalized spacial score (nSPS) is 16.8. The van der Waals surface area contributed by atoms with Crippen LogP contribution in [0.4, 0.5) is 14.9 Å². The average Bonchev–Trinajstić information content (AvgIpc) is 2.86. The van der Waals surface area contributed by atoms with Crippen molar-refractivity contribution in [3.8, 4) is 5.69 Å². The summed E-state index contributed by atoms with van der Waals surface area (Å²) in [5.74, 6) is -0.972. The zero-order valence-corrected chi connectivity index (χ0v) is 13.3. The smallest absolute Gasteiger partial charge is 0.323 e. The van der Waals surface area contributed by atoms with Crippen molar-refractivity contribution in [3.63, 3.8) is 0 Å². The van der Waals surface area contributed by atoms with Crippen LogP contribution in [0.15, 0.2) is 24.3 Å². The zero-order chi connectivity index (χ0) is 16.9. The van der Waals surface area contributed by atoms with Gasteiger partial charge >= 0.3 is 6.03 Å². The standard InChI is InChI=1S/C16H17FN4O2/c1-9-7-10(2)21(19-9)13-6-5-11(8-12(13)17)20-14(22)16(3,4)18-15(20)23/h5-8H,1-4H3,(H,18,23). The van der Waals surface area contributed by atoms with Gasteiger partial charge in [-0.3, -0.25) is 4.79 Å². The van der Waals surface area contributed by atoms with Gasteiger partial charge in [0.2, 0.25) is 0 Å². The van der Waals surface area contributed by atoms with Crippen molar-refractivity contribution in [2.75, 3.05) is 4.90 Å². The Labute approximate surface area is 132 Å². The van der Waals surface area contributed by atoms with Gasteiger partial charge in [0.1, 0.15) is 11.2 Å². The minimum absolute atomic E-state index is 0.195. The Balaban J connectivity index is 2.02. The third kappa shape index (κ3) is 2.38. The largest absolute Gasteiger partial charge is 0.329 e. The number of benzene rings is 1. The molecule has 120 valence electrons. The summed E-state index contributed by atoms with van der Waals surface area (Å²) in [5, 5.41) is 6.81. The van der Waals surface area contributed by atoms with Crippen molar-refractivity contribution in [1.29, 1.82) is 0 Å². The highest BCUT2D eigenvalue weighted by Crippen LogP contribution is 2.27. The average molecular weight is 316 g/mol. The number of halogens is 1. The number of hydrogen-bond donors (Lipinski definition) is 1. The summed E-state index contributed by atoms with van der Waals surface area (Å²) in [6.07, 6.45) is 0. The number of aromatic nitrogens is 2. The van der Waals surface area contributed by atoms with E-state index in [2.05, 4.69) is 10.4 Å². The molecule has 1 aromatic carbocycles. The SMILES string of the molecule is Cc1cc(C)n(-c2ccc(N3C(=O)NC(C)(C)C3=O)cc2F)n1. The molecule has 0 spiro atoms. The minimum atomic E-state index is -0.998. The van der Waals surface area contributed by atoms with Crippen LogP contribution >= 0.6 is 0 Å². The van der Waals surface area contributed by atoms with Crippen LogP contribution in [0, 0.1) is 19.7 Å². The molecule has 23 heavy (non-hydrogen) atoms. The number of hydrogen-bond acceptors (Lipinski definition) is 3. The molecule has 1 N–H and O–H groups in total. The van der Waals surface area contributed by atoms with E-state index in [0.717, 1.165) is 16.3 Å². The fraction of sp³-hybridized carbons (Fsp3) is 0.312. The second-order valence-electron chi connectivity index (χ2n) is 6.17. The van der Waals surface area contributed by atoms with Gasteiger partial charge in [-0.05, 0) is 45.9 Å². The molecule has 1 saturated heterocycles. The van der Waals surface area contributed by atoms with Crippen molar-refractivity contribution in [2.45, 2.75) is 33.2 Å². The molecule has 2 aromatic rings. The number of urea groups is 1. The summed E-state index contributed by atoms with van der Waals surface area (Å²) in [4.78, 5) is 25.2. The highest BCUT2D eigenvalue weighted by atomic mass is 19.1. The number of nitrogens with one attached hydrogen (secondary N) is 1. The first-order valence-electron chi connectivity index (χ1n) is 7.20. The van der Waals surface area contributed by atoms with E-state index in [0.29, 0.717) is 0 Å². The monoisotopic (exact) mass is 316 g/mol. The number of imide groups is 1. The third-order valence-electron chi connectivity index (χ3n) is 3.79. The molecule has 0 radical (unpaired) electrons. The number of carbonyl (C=O) groups excluding carboxylic acids is 2. The highest BCUT2D eigenvalue weighted by molar-refractivity contribution is 6.23. The predicted octanol–water partition coefficient (Wildman–Crippen LogP) is 2.46. The molecule has 0 aliphatic carbocycles. The summed E-state index contributed by atoms with van der Waals surface area (Å²) in [5.41, 5.74) is 1.04. The lowest BCUT2D eigenvalue weighted by molar-refractivity contribution is -0.121. The maximum Gasteiger partial charge on any atom is 0.329 e.